The topological polar surface area (TPSA) is 109 Å². The minimum Gasteiger partial charge on any atom is -0.444 e. The zero-order chi connectivity index (χ0) is 25.1. The Morgan fingerprint density at radius 2 is 1.18 bits per heavy atom. The zero-order valence-electron chi connectivity index (χ0n) is 21.7. The van der Waals surface area contributed by atoms with Gasteiger partial charge in [0.05, 0.1) is 0 Å². The molecule has 0 atom stereocenters. The summed E-state index contributed by atoms with van der Waals surface area (Å²) in [6, 6.07) is 0. The second-order valence-corrected chi connectivity index (χ2v) is 10.9. The number of nitrogens with one attached hydrogen (secondary N) is 3. The molecule has 2 fully saturated rings. The van der Waals surface area contributed by atoms with E-state index in [1.807, 2.05) is 46.4 Å². The monoisotopic (exact) mass is 470 g/mol. The molecule has 0 spiro atoms. The average molecular weight is 471 g/mol. The van der Waals surface area contributed by atoms with Crippen LogP contribution in [0.3, 0.4) is 0 Å². The standard InChI is InChI=1S/C13H24N2O3.C11H22N2O2/c1-10(16)15-7-5-11(6-8-15)9-14-12(17)18-13(2,3)4;1-11(2,3)15-10(14)13-8-9-4-6-12-7-5-9/h11H,5-9H2,1-4H3,(H,14,17);9,12H,4-8H2,1-3H3,(H,13,14). The number of alkyl carbamates (subject to hydrolysis) is 2. The smallest absolute Gasteiger partial charge is 0.407 e. The van der Waals surface area contributed by atoms with Crippen molar-refractivity contribution in [2.75, 3.05) is 39.3 Å². The Hall–Kier alpha value is -2.03. The van der Waals surface area contributed by atoms with Crippen molar-refractivity contribution in [1.82, 2.24) is 20.9 Å². The van der Waals surface area contributed by atoms with Crippen molar-refractivity contribution in [2.24, 2.45) is 11.8 Å². The summed E-state index contributed by atoms with van der Waals surface area (Å²) in [5, 5.41) is 8.90. The van der Waals surface area contributed by atoms with E-state index in [2.05, 4.69) is 16.0 Å². The summed E-state index contributed by atoms with van der Waals surface area (Å²) in [7, 11) is 0. The number of carbonyl (C=O) groups is 3. The SMILES string of the molecule is CC(=O)N1CCC(CNC(=O)OC(C)(C)C)CC1.CC(C)(C)OC(=O)NCC1CCNCC1. The third-order valence-corrected chi connectivity index (χ3v) is 5.39. The summed E-state index contributed by atoms with van der Waals surface area (Å²) < 4.78 is 10.3. The number of amides is 3. The lowest BCUT2D eigenvalue weighted by Gasteiger charge is -2.31. The average Bonchev–Trinajstić information content (AvgIpc) is 2.70. The molecule has 9 heteroatoms. The molecule has 9 nitrogen and oxygen atoms in total. The molecule has 33 heavy (non-hydrogen) atoms. The van der Waals surface area contributed by atoms with Crippen LogP contribution in [0.25, 0.3) is 0 Å². The van der Waals surface area contributed by atoms with Crippen LogP contribution >= 0.6 is 0 Å². The quantitative estimate of drug-likeness (QED) is 0.582. The Morgan fingerprint density at radius 1 is 0.788 bits per heavy atom. The highest BCUT2D eigenvalue weighted by molar-refractivity contribution is 5.73. The fourth-order valence-corrected chi connectivity index (χ4v) is 3.62. The van der Waals surface area contributed by atoms with Crippen molar-refractivity contribution in [3.05, 3.63) is 0 Å². The van der Waals surface area contributed by atoms with Gasteiger partial charge < -0.3 is 30.3 Å². The van der Waals surface area contributed by atoms with Gasteiger partial charge in [0.25, 0.3) is 0 Å². The Labute approximate surface area is 199 Å². The van der Waals surface area contributed by atoms with Crippen molar-refractivity contribution < 1.29 is 23.9 Å². The van der Waals surface area contributed by atoms with Gasteiger partial charge in [-0.05, 0) is 92.2 Å². The fourth-order valence-electron chi connectivity index (χ4n) is 3.62. The van der Waals surface area contributed by atoms with Gasteiger partial charge in [-0.1, -0.05) is 0 Å². The van der Waals surface area contributed by atoms with E-state index in [1.54, 1.807) is 6.92 Å². The first-order valence-electron chi connectivity index (χ1n) is 12.1. The van der Waals surface area contributed by atoms with Gasteiger partial charge >= 0.3 is 12.2 Å². The number of carbonyl (C=O) groups excluding carboxylic acids is 3. The van der Waals surface area contributed by atoms with E-state index in [9.17, 15) is 14.4 Å². The predicted molar refractivity (Wildman–Crippen MR) is 129 cm³/mol. The molecule has 2 heterocycles. The molecule has 2 aliphatic rings. The minimum atomic E-state index is -0.456. The van der Waals surface area contributed by atoms with Gasteiger partial charge in [0.1, 0.15) is 11.2 Å². The lowest BCUT2D eigenvalue weighted by molar-refractivity contribution is -0.130. The third kappa shape index (κ3) is 14.7. The van der Waals surface area contributed by atoms with Crippen LogP contribution in [0, 0.1) is 11.8 Å². The number of hydrogen-bond donors (Lipinski definition) is 3. The van der Waals surface area contributed by atoms with E-state index in [-0.39, 0.29) is 18.1 Å². The molecule has 0 aromatic rings. The van der Waals surface area contributed by atoms with Gasteiger partial charge in [-0.2, -0.15) is 0 Å². The van der Waals surface area contributed by atoms with Crippen LogP contribution < -0.4 is 16.0 Å². The maximum absolute atomic E-state index is 11.5. The first-order valence-corrected chi connectivity index (χ1v) is 12.1. The number of likely N-dealkylation sites (tertiary alicyclic amines) is 1. The Bertz CT molecular complexity index is 613. The van der Waals surface area contributed by atoms with Gasteiger partial charge in [0, 0.05) is 33.1 Å². The van der Waals surface area contributed by atoms with Gasteiger partial charge in [-0.3, -0.25) is 4.79 Å². The number of hydrogen-bond acceptors (Lipinski definition) is 6. The normalized spacial score (nSPS) is 18.0. The van der Waals surface area contributed by atoms with E-state index in [4.69, 9.17) is 9.47 Å². The molecule has 192 valence electrons. The molecule has 0 aromatic carbocycles. The van der Waals surface area contributed by atoms with E-state index in [1.165, 1.54) is 0 Å². The van der Waals surface area contributed by atoms with Crippen LogP contribution in [-0.4, -0.2) is 73.5 Å². The summed E-state index contributed by atoms with van der Waals surface area (Å²) in [4.78, 5) is 35.8. The maximum atomic E-state index is 11.5. The second kappa shape index (κ2) is 13.6. The highest BCUT2D eigenvalue weighted by atomic mass is 16.6. The largest absolute Gasteiger partial charge is 0.444 e. The van der Waals surface area contributed by atoms with Crippen LogP contribution in [-0.2, 0) is 14.3 Å². The van der Waals surface area contributed by atoms with Crippen molar-refractivity contribution in [2.45, 2.75) is 85.4 Å². The van der Waals surface area contributed by atoms with E-state index < -0.39 is 11.2 Å². The van der Waals surface area contributed by atoms with Crippen LogP contribution in [0.2, 0.25) is 0 Å². The molecule has 0 aliphatic carbocycles. The van der Waals surface area contributed by atoms with Crippen molar-refractivity contribution in [3.8, 4) is 0 Å². The maximum Gasteiger partial charge on any atom is 0.407 e. The summed E-state index contributed by atoms with van der Waals surface area (Å²) in [5.41, 5.74) is -0.861. The van der Waals surface area contributed by atoms with Gasteiger partial charge in [-0.15, -0.1) is 0 Å². The van der Waals surface area contributed by atoms with Gasteiger partial charge in [-0.25, -0.2) is 9.59 Å². The lowest BCUT2D eigenvalue weighted by atomic mass is 9.97. The summed E-state index contributed by atoms with van der Waals surface area (Å²) >= 11 is 0. The summed E-state index contributed by atoms with van der Waals surface area (Å²) in [6.07, 6.45) is 3.48. The van der Waals surface area contributed by atoms with Crippen LogP contribution in [0.1, 0.15) is 74.1 Å². The number of piperidine rings is 2. The lowest BCUT2D eigenvalue weighted by Crippen LogP contribution is -2.41. The number of rotatable bonds is 4. The molecule has 0 aromatic heterocycles. The molecule has 2 aliphatic heterocycles. The first kappa shape index (κ1) is 29.0. The highest BCUT2D eigenvalue weighted by Gasteiger charge is 2.22. The van der Waals surface area contributed by atoms with E-state index in [0.717, 1.165) is 58.4 Å². The molecule has 0 unspecified atom stereocenters. The highest BCUT2D eigenvalue weighted by Crippen LogP contribution is 2.16. The first-order chi connectivity index (χ1) is 15.2. The van der Waals surface area contributed by atoms with Crippen molar-refractivity contribution >= 4 is 18.1 Å². The molecule has 3 amide bonds. The Kier molecular flexibility index (Phi) is 12.0. The Morgan fingerprint density at radius 3 is 1.55 bits per heavy atom. The molecule has 0 saturated carbocycles. The molecule has 2 saturated heterocycles. The fraction of sp³-hybridized carbons (Fsp3) is 0.875. The van der Waals surface area contributed by atoms with Crippen LogP contribution in [0.4, 0.5) is 9.59 Å². The van der Waals surface area contributed by atoms with Gasteiger partial charge in [0.2, 0.25) is 5.91 Å². The van der Waals surface area contributed by atoms with Gasteiger partial charge in [0.15, 0.2) is 0 Å². The number of nitrogens with zero attached hydrogens (tertiary/aromatic N) is 1. The zero-order valence-corrected chi connectivity index (χ0v) is 21.7. The van der Waals surface area contributed by atoms with Crippen LogP contribution in [0.5, 0.6) is 0 Å². The second-order valence-electron chi connectivity index (χ2n) is 10.9. The summed E-state index contributed by atoms with van der Waals surface area (Å²) in [5.74, 6) is 1.17. The number of ether oxygens (including phenoxy) is 2. The molecule has 0 radical (unpaired) electrons. The van der Waals surface area contributed by atoms with Crippen molar-refractivity contribution in [3.63, 3.8) is 0 Å². The molecule has 0 bridgehead atoms. The van der Waals surface area contributed by atoms with E-state index >= 15 is 0 Å². The van der Waals surface area contributed by atoms with Crippen LogP contribution in [0.15, 0.2) is 0 Å². The van der Waals surface area contributed by atoms with Crippen molar-refractivity contribution in [1.29, 1.82) is 0 Å². The molecule has 3 N–H and O–H groups in total. The molecule has 2 rings (SSSR count). The Balaban J connectivity index is 0.000000335. The minimum absolute atomic E-state index is 0.133. The molecular weight excluding hydrogens is 424 g/mol. The molecular formula is C24H46N4O5. The predicted octanol–water partition coefficient (Wildman–Crippen LogP) is 3.28. The van der Waals surface area contributed by atoms with E-state index in [0.29, 0.717) is 18.4 Å². The third-order valence-electron chi connectivity index (χ3n) is 5.39. The summed E-state index contributed by atoms with van der Waals surface area (Å²) in [6.45, 7) is 17.8.